The molecule has 0 heterocycles. The van der Waals surface area contributed by atoms with Gasteiger partial charge < -0.3 is 16.3 Å². The third-order valence-electron chi connectivity index (χ3n) is 2.86. The summed E-state index contributed by atoms with van der Waals surface area (Å²) in [5.41, 5.74) is 7.14. The van der Waals surface area contributed by atoms with Gasteiger partial charge in [0.25, 0.3) is 5.91 Å². The minimum Gasteiger partial charge on any atom is -0.409 e. The molecule has 2 rings (SSSR count). The Kier molecular flexibility index (Phi) is 4.18. The number of nitrogens with two attached hydrogens (primary N) is 1. The Morgan fingerprint density at radius 3 is 2.67 bits per heavy atom. The normalized spacial score (nSPS) is 11.2. The van der Waals surface area contributed by atoms with Crippen molar-refractivity contribution in [1.29, 1.82) is 0 Å². The molecule has 108 valence electrons. The van der Waals surface area contributed by atoms with Gasteiger partial charge in [0.1, 0.15) is 5.82 Å². The molecule has 0 atom stereocenters. The lowest BCUT2D eigenvalue weighted by Crippen LogP contribution is -2.19. The Morgan fingerprint density at radius 2 is 2.00 bits per heavy atom. The molecule has 0 radical (unpaired) electrons. The number of aryl methyl sites for hydroxylation is 1. The number of amidine groups is 1. The van der Waals surface area contributed by atoms with E-state index in [1.165, 1.54) is 6.07 Å². The van der Waals surface area contributed by atoms with Gasteiger partial charge in [-0.3, -0.25) is 4.79 Å². The van der Waals surface area contributed by atoms with Gasteiger partial charge in [0.15, 0.2) is 5.84 Å². The maximum Gasteiger partial charge on any atom is 0.255 e. The lowest BCUT2D eigenvalue weighted by molar-refractivity contribution is 0.102. The SMILES string of the molecule is Cc1cc(F)cc(C(=O)Nc2ccccc2/C(N)=N/O)c1. The molecule has 0 aliphatic heterocycles. The fourth-order valence-electron chi connectivity index (χ4n) is 1.93. The maximum absolute atomic E-state index is 13.3. The number of rotatable bonds is 3. The van der Waals surface area contributed by atoms with Crippen LogP contribution in [0.2, 0.25) is 0 Å². The Labute approximate surface area is 120 Å². The van der Waals surface area contributed by atoms with E-state index in [2.05, 4.69) is 10.5 Å². The number of anilines is 1. The van der Waals surface area contributed by atoms with Gasteiger partial charge >= 0.3 is 0 Å². The molecule has 0 saturated carbocycles. The molecule has 0 spiro atoms. The van der Waals surface area contributed by atoms with Crippen LogP contribution < -0.4 is 11.1 Å². The fraction of sp³-hybridized carbons (Fsp3) is 0.0667. The summed E-state index contributed by atoms with van der Waals surface area (Å²) < 4.78 is 13.3. The van der Waals surface area contributed by atoms with Crippen molar-refractivity contribution in [2.45, 2.75) is 6.92 Å². The maximum atomic E-state index is 13.3. The molecule has 0 saturated heterocycles. The molecule has 0 fully saturated rings. The van der Waals surface area contributed by atoms with Crippen LogP contribution in [0.25, 0.3) is 0 Å². The van der Waals surface area contributed by atoms with E-state index in [4.69, 9.17) is 10.9 Å². The van der Waals surface area contributed by atoms with Gasteiger partial charge in [-0.2, -0.15) is 0 Å². The second-order valence-corrected chi connectivity index (χ2v) is 4.50. The molecule has 1 amide bonds. The van der Waals surface area contributed by atoms with Crippen LogP contribution >= 0.6 is 0 Å². The molecule has 6 heteroatoms. The van der Waals surface area contributed by atoms with Crippen molar-refractivity contribution in [3.8, 4) is 0 Å². The van der Waals surface area contributed by atoms with Crippen LogP contribution in [0.15, 0.2) is 47.6 Å². The van der Waals surface area contributed by atoms with E-state index >= 15 is 0 Å². The molecule has 2 aromatic rings. The van der Waals surface area contributed by atoms with Crippen LogP contribution in [0.3, 0.4) is 0 Å². The molecule has 0 bridgehead atoms. The van der Waals surface area contributed by atoms with Gasteiger partial charge in [-0.15, -0.1) is 0 Å². The van der Waals surface area contributed by atoms with E-state index in [0.717, 1.165) is 6.07 Å². The van der Waals surface area contributed by atoms with Crippen LogP contribution in [-0.2, 0) is 0 Å². The first-order valence-electron chi connectivity index (χ1n) is 6.16. The second kappa shape index (κ2) is 6.04. The van der Waals surface area contributed by atoms with Crippen molar-refractivity contribution < 1.29 is 14.4 Å². The number of amides is 1. The van der Waals surface area contributed by atoms with Crippen LogP contribution in [0, 0.1) is 12.7 Å². The average Bonchev–Trinajstić information content (AvgIpc) is 2.46. The number of para-hydroxylation sites is 1. The smallest absolute Gasteiger partial charge is 0.255 e. The highest BCUT2D eigenvalue weighted by molar-refractivity contribution is 6.09. The number of nitrogens with zero attached hydrogens (tertiary/aromatic N) is 1. The minimum atomic E-state index is -0.482. The Balaban J connectivity index is 2.32. The van der Waals surface area contributed by atoms with Crippen molar-refractivity contribution >= 4 is 17.4 Å². The lowest BCUT2D eigenvalue weighted by Gasteiger charge is -2.10. The fourth-order valence-corrected chi connectivity index (χ4v) is 1.93. The number of hydrogen-bond acceptors (Lipinski definition) is 3. The number of oxime groups is 1. The van der Waals surface area contributed by atoms with Gasteiger partial charge in [-0.05, 0) is 42.8 Å². The Morgan fingerprint density at radius 1 is 1.29 bits per heavy atom. The van der Waals surface area contributed by atoms with Gasteiger partial charge in [-0.25, -0.2) is 4.39 Å². The molecular weight excluding hydrogens is 273 g/mol. The molecule has 0 aliphatic rings. The molecular formula is C15H14FN3O2. The molecule has 5 nitrogen and oxygen atoms in total. The third kappa shape index (κ3) is 3.36. The summed E-state index contributed by atoms with van der Waals surface area (Å²) in [6, 6.07) is 10.6. The van der Waals surface area contributed by atoms with Crippen molar-refractivity contribution in [2.24, 2.45) is 10.9 Å². The largest absolute Gasteiger partial charge is 0.409 e. The summed E-state index contributed by atoms with van der Waals surface area (Å²) in [7, 11) is 0. The monoisotopic (exact) mass is 287 g/mol. The Bertz CT molecular complexity index is 694. The quantitative estimate of drug-likeness (QED) is 0.351. The van der Waals surface area contributed by atoms with Crippen molar-refractivity contribution in [3.05, 3.63) is 65.0 Å². The minimum absolute atomic E-state index is 0.124. The van der Waals surface area contributed by atoms with Crippen molar-refractivity contribution in [3.63, 3.8) is 0 Å². The highest BCUT2D eigenvalue weighted by Gasteiger charge is 2.12. The summed E-state index contributed by atoms with van der Waals surface area (Å²) in [4.78, 5) is 12.2. The van der Waals surface area contributed by atoms with E-state index < -0.39 is 11.7 Å². The summed E-state index contributed by atoms with van der Waals surface area (Å²) in [5, 5.41) is 14.3. The zero-order chi connectivity index (χ0) is 15.4. The first kappa shape index (κ1) is 14.5. The molecule has 0 aromatic heterocycles. The summed E-state index contributed by atoms with van der Waals surface area (Å²) >= 11 is 0. The number of hydrogen-bond donors (Lipinski definition) is 3. The van der Waals surface area contributed by atoms with Gasteiger partial charge in [0.05, 0.1) is 5.69 Å². The number of benzene rings is 2. The summed E-state index contributed by atoms with van der Waals surface area (Å²) in [6.07, 6.45) is 0. The van der Waals surface area contributed by atoms with E-state index in [1.807, 2.05) is 0 Å². The average molecular weight is 287 g/mol. The molecule has 2 aromatic carbocycles. The molecule has 21 heavy (non-hydrogen) atoms. The summed E-state index contributed by atoms with van der Waals surface area (Å²) in [6.45, 7) is 1.70. The van der Waals surface area contributed by atoms with Crippen molar-refractivity contribution in [1.82, 2.24) is 0 Å². The molecule has 0 aliphatic carbocycles. The lowest BCUT2D eigenvalue weighted by atomic mass is 10.1. The first-order valence-corrected chi connectivity index (χ1v) is 6.16. The first-order chi connectivity index (χ1) is 10.0. The van der Waals surface area contributed by atoms with Gasteiger partial charge in [0.2, 0.25) is 0 Å². The van der Waals surface area contributed by atoms with E-state index in [-0.39, 0.29) is 11.4 Å². The van der Waals surface area contributed by atoms with Crippen LogP contribution in [0.5, 0.6) is 0 Å². The van der Waals surface area contributed by atoms with Gasteiger partial charge in [0, 0.05) is 11.1 Å². The number of nitrogens with one attached hydrogen (secondary N) is 1. The molecule has 0 unspecified atom stereocenters. The van der Waals surface area contributed by atoms with Gasteiger partial charge in [-0.1, -0.05) is 17.3 Å². The highest BCUT2D eigenvalue weighted by atomic mass is 19.1. The highest BCUT2D eigenvalue weighted by Crippen LogP contribution is 2.17. The third-order valence-corrected chi connectivity index (χ3v) is 2.86. The summed E-state index contributed by atoms with van der Waals surface area (Å²) in [5.74, 6) is -1.08. The van der Waals surface area contributed by atoms with Crippen molar-refractivity contribution in [2.75, 3.05) is 5.32 Å². The number of carbonyl (C=O) groups is 1. The van der Waals surface area contributed by atoms with E-state index in [0.29, 0.717) is 16.8 Å². The second-order valence-electron chi connectivity index (χ2n) is 4.50. The number of halogens is 1. The van der Waals surface area contributed by atoms with Crippen LogP contribution in [0.1, 0.15) is 21.5 Å². The van der Waals surface area contributed by atoms with E-state index in [9.17, 15) is 9.18 Å². The predicted molar refractivity (Wildman–Crippen MR) is 78.0 cm³/mol. The zero-order valence-corrected chi connectivity index (χ0v) is 11.3. The van der Waals surface area contributed by atoms with Crippen LogP contribution in [-0.4, -0.2) is 17.0 Å². The number of carbonyl (C=O) groups excluding carboxylic acids is 1. The Hall–Kier alpha value is -2.89. The standard InChI is InChI=1S/C15H14FN3O2/c1-9-6-10(8-11(16)7-9)15(20)18-13-5-3-2-4-12(13)14(17)19-21/h2-8,21H,1H3,(H2,17,19)(H,18,20). The predicted octanol–water partition coefficient (Wildman–Crippen LogP) is 2.48. The topological polar surface area (TPSA) is 87.7 Å². The molecule has 4 N–H and O–H groups in total. The van der Waals surface area contributed by atoms with Crippen LogP contribution in [0.4, 0.5) is 10.1 Å². The zero-order valence-electron chi connectivity index (χ0n) is 11.3. The van der Waals surface area contributed by atoms with E-state index in [1.54, 1.807) is 37.3 Å².